The molecule has 100 valence electrons. The molecule has 0 saturated carbocycles. The summed E-state index contributed by atoms with van der Waals surface area (Å²) >= 11 is 0. The van der Waals surface area contributed by atoms with Crippen molar-refractivity contribution in [2.75, 3.05) is 6.54 Å². The highest BCUT2D eigenvalue weighted by atomic mass is 19.1. The third-order valence-corrected chi connectivity index (χ3v) is 3.13. The molecule has 0 spiro atoms. The van der Waals surface area contributed by atoms with Gasteiger partial charge in [0, 0.05) is 18.6 Å². The molecule has 1 heterocycles. The maximum absolute atomic E-state index is 13.3. The molecule has 0 aliphatic carbocycles. The molecular formula is C15H18FN3. The molecule has 4 heteroatoms. The van der Waals surface area contributed by atoms with Gasteiger partial charge in [-0.15, -0.1) is 0 Å². The average Bonchev–Trinajstić information content (AvgIpc) is 2.43. The maximum Gasteiger partial charge on any atom is 0.123 e. The van der Waals surface area contributed by atoms with Crippen molar-refractivity contribution in [2.24, 2.45) is 0 Å². The Morgan fingerprint density at radius 3 is 2.84 bits per heavy atom. The highest BCUT2D eigenvalue weighted by Crippen LogP contribution is 2.19. The van der Waals surface area contributed by atoms with E-state index in [0.717, 1.165) is 23.4 Å². The molecule has 2 rings (SSSR count). The van der Waals surface area contributed by atoms with E-state index in [1.807, 2.05) is 19.9 Å². The molecular weight excluding hydrogens is 241 g/mol. The number of rotatable bonds is 5. The standard InChI is InChI=1S/C15H18FN3/c1-3-18-14(15-10-17-6-7-19-15)9-12-8-13(16)5-4-11(12)2/h4-8,10,14,18H,3,9H2,1-2H3. The Bertz CT molecular complexity index is 528. The first kappa shape index (κ1) is 13.6. The fourth-order valence-corrected chi connectivity index (χ4v) is 2.10. The predicted molar refractivity (Wildman–Crippen MR) is 73.3 cm³/mol. The summed E-state index contributed by atoms with van der Waals surface area (Å²) in [5.41, 5.74) is 2.97. The molecule has 1 aromatic carbocycles. The van der Waals surface area contributed by atoms with Gasteiger partial charge in [0.1, 0.15) is 5.82 Å². The molecule has 1 unspecified atom stereocenters. The van der Waals surface area contributed by atoms with E-state index in [9.17, 15) is 4.39 Å². The first-order valence-electron chi connectivity index (χ1n) is 6.45. The number of hydrogen-bond donors (Lipinski definition) is 1. The summed E-state index contributed by atoms with van der Waals surface area (Å²) in [6, 6.07) is 4.95. The van der Waals surface area contributed by atoms with E-state index in [1.165, 1.54) is 6.07 Å². The Hall–Kier alpha value is -1.81. The van der Waals surface area contributed by atoms with E-state index in [-0.39, 0.29) is 11.9 Å². The number of nitrogens with zero attached hydrogens (tertiary/aromatic N) is 2. The summed E-state index contributed by atoms with van der Waals surface area (Å²) in [7, 11) is 0. The SMILES string of the molecule is CCNC(Cc1cc(F)ccc1C)c1cnccn1. The molecule has 0 amide bonds. The van der Waals surface area contributed by atoms with Crippen molar-refractivity contribution in [1.29, 1.82) is 0 Å². The summed E-state index contributed by atoms with van der Waals surface area (Å²) in [6.07, 6.45) is 5.79. The van der Waals surface area contributed by atoms with Crippen LogP contribution < -0.4 is 5.32 Å². The minimum absolute atomic E-state index is 0.0548. The third kappa shape index (κ3) is 3.58. The molecule has 0 radical (unpaired) electrons. The van der Waals surface area contributed by atoms with E-state index in [2.05, 4.69) is 15.3 Å². The monoisotopic (exact) mass is 259 g/mol. The first-order chi connectivity index (χ1) is 9.20. The smallest absolute Gasteiger partial charge is 0.123 e. The predicted octanol–water partition coefficient (Wildman–Crippen LogP) is 2.82. The van der Waals surface area contributed by atoms with Crippen LogP contribution in [0.5, 0.6) is 0 Å². The lowest BCUT2D eigenvalue weighted by Crippen LogP contribution is -2.24. The first-order valence-corrected chi connectivity index (χ1v) is 6.45. The third-order valence-electron chi connectivity index (χ3n) is 3.13. The second-order valence-electron chi connectivity index (χ2n) is 4.52. The van der Waals surface area contributed by atoms with Crippen LogP contribution in [0.3, 0.4) is 0 Å². The van der Waals surface area contributed by atoms with E-state index in [1.54, 1.807) is 24.7 Å². The zero-order valence-corrected chi connectivity index (χ0v) is 11.2. The molecule has 0 aliphatic heterocycles. The van der Waals surface area contributed by atoms with Gasteiger partial charge in [-0.05, 0) is 43.1 Å². The summed E-state index contributed by atoms with van der Waals surface area (Å²) < 4.78 is 13.3. The topological polar surface area (TPSA) is 37.8 Å². The molecule has 0 fully saturated rings. The summed E-state index contributed by atoms with van der Waals surface area (Å²) in [5.74, 6) is -0.199. The molecule has 0 bridgehead atoms. The number of aromatic nitrogens is 2. The number of halogens is 1. The minimum Gasteiger partial charge on any atom is -0.309 e. The Morgan fingerprint density at radius 1 is 1.32 bits per heavy atom. The zero-order chi connectivity index (χ0) is 13.7. The van der Waals surface area contributed by atoms with Gasteiger partial charge in [0.2, 0.25) is 0 Å². The minimum atomic E-state index is -0.199. The number of likely N-dealkylation sites (N-methyl/N-ethyl adjacent to an activating group) is 1. The Morgan fingerprint density at radius 2 is 2.16 bits per heavy atom. The second-order valence-corrected chi connectivity index (χ2v) is 4.52. The van der Waals surface area contributed by atoms with Gasteiger partial charge in [-0.3, -0.25) is 9.97 Å². The molecule has 1 aromatic heterocycles. The molecule has 2 aromatic rings. The van der Waals surface area contributed by atoms with E-state index in [4.69, 9.17) is 0 Å². The van der Waals surface area contributed by atoms with Gasteiger partial charge >= 0.3 is 0 Å². The number of aryl methyl sites for hydroxylation is 1. The molecule has 3 nitrogen and oxygen atoms in total. The summed E-state index contributed by atoms with van der Waals surface area (Å²) in [5, 5.41) is 3.37. The van der Waals surface area contributed by atoms with Crippen LogP contribution in [0.15, 0.2) is 36.8 Å². The van der Waals surface area contributed by atoms with E-state index >= 15 is 0 Å². The van der Waals surface area contributed by atoms with Crippen LogP contribution in [0.2, 0.25) is 0 Å². The van der Waals surface area contributed by atoms with Gasteiger partial charge in [0.25, 0.3) is 0 Å². The average molecular weight is 259 g/mol. The van der Waals surface area contributed by atoms with Gasteiger partial charge in [-0.1, -0.05) is 13.0 Å². The van der Waals surface area contributed by atoms with E-state index in [0.29, 0.717) is 6.42 Å². The van der Waals surface area contributed by atoms with Crippen LogP contribution >= 0.6 is 0 Å². The van der Waals surface area contributed by atoms with E-state index < -0.39 is 0 Å². The van der Waals surface area contributed by atoms with Crippen LogP contribution in [0.25, 0.3) is 0 Å². The molecule has 1 N–H and O–H groups in total. The summed E-state index contributed by atoms with van der Waals surface area (Å²) in [4.78, 5) is 8.42. The van der Waals surface area contributed by atoms with Crippen molar-refractivity contribution < 1.29 is 4.39 Å². The number of nitrogens with one attached hydrogen (secondary N) is 1. The lowest BCUT2D eigenvalue weighted by atomic mass is 9.99. The van der Waals surface area contributed by atoms with Crippen LogP contribution in [-0.2, 0) is 6.42 Å². The number of benzene rings is 1. The highest BCUT2D eigenvalue weighted by Gasteiger charge is 2.14. The zero-order valence-electron chi connectivity index (χ0n) is 11.2. The van der Waals surface area contributed by atoms with Gasteiger partial charge in [-0.25, -0.2) is 4.39 Å². The normalized spacial score (nSPS) is 12.4. The van der Waals surface area contributed by atoms with Crippen molar-refractivity contribution in [3.8, 4) is 0 Å². The lowest BCUT2D eigenvalue weighted by Gasteiger charge is -2.18. The van der Waals surface area contributed by atoms with Gasteiger partial charge in [-0.2, -0.15) is 0 Å². The molecule has 19 heavy (non-hydrogen) atoms. The van der Waals surface area contributed by atoms with Crippen molar-refractivity contribution in [2.45, 2.75) is 26.3 Å². The van der Waals surface area contributed by atoms with Crippen molar-refractivity contribution in [3.63, 3.8) is 0 Å². The largest absolute Gasteiger partial charge is 0.309 e. The summed E-state index contributed by atoms with van der Waals surface area (Å²) in [6.45, 7) is 4.87. The van der Waals surface area contributed by atoms with Crippen LogP contribution in [0, 0.1) is 12.7 Å². The van der Waals surface area contributed by atoms with Crippen LogP contribution in [-0.4, -0.2) is 16.5 Å². The molecule has 0 aliphatic rings. The quantitative estimate of drug-likeness (QED) is 0.897. The van der Waals surface area contributed by atoms with Gasteiger partial charge < -0.3 is 5.32 Å². The van der Waals surface area contributed by atoms with Crippen LogP contribution in [0.4, 0.5) is 4.39 Å². The fraction of sp³-hybridized carbons (Fsp3) is 0.333. The van der Waals surface area contributed by atoms with Crippen LogP contribution in [0.1, 0.15) is 29.8 Å². The Kier molecular flexibility index (Phi) is 4.58. The second kappa shape index (κ2) is 6.38. The molecule has 1 atom stereocenters. The highest BCUT2D eigenvalue weighted by molar-refractivity contribution is 5.28. The Labute approximate surface area is 112 Å². The van der Waals surface area contributed by atoms with Gasteiger partial charge in [0.15, 0.2) is 0 Å². The van der Waals surface area contributed by atoms with Crippen molar-refractivity contribution in [3.05, 3.63) is 59.4 Å². The fourth-order valence-electron chi connectivity index (χ4n) is 2.10. The Balaban J connectivity index is 2.24. The molecule has 0 saturated heterocycles. The number of hydrogen-bond acceptors (Lipinski definition) is 3. The lowest BCUT2D eigenvalue weighted by molar-refractivity contribution is 0.531. The van der Waals surface area contributed by atoms with Crippen molar-refractivity contribution >= 4 is 0 Å². The maximum atomic E-state index is 13.3. The van der Waals surface area contributed by atoms with Crippen molar-refractivity contribution in [1.82, 2.24) is 15.3 Å². The van der Waals surface area contributed by atoms with Gasteiger partial charge in [0.05, 0.1) is 11.7 Å².